The third-order valence-corrected chi connectivity index (χ3v) is 3.78. The van der Waals surface area contributed by atoms with Crippen LogP contribution in [0.3, 0.4) is 0 Å². The molecule has 10 heteroatoms. The molecule has 33 heavy (non-hydrogen) atoms. The van der Waals surface area contributed by atoms with Crippen molar-refractivity contribution in [2.24, 2.45) is 0 Å². The Kier molecular flexibility index (Phi) is 15.8. The maximum Gasteiger partial charge on any atom is 2.00 e. The summed E-state index contributed by atoms with van der Waals surface area (Å²) in [6.45, 7) is 6.48. The van der Waals surface area contributed by atoms with Crippen LogP contribution in [0.5, 0.6) is 0 Å². The number of ether oxygens (including phenoxy) is 1. The second-order valence-corrected chi connectivity index (χ2v) is 7.78. The molecular weight excluding hydrogens is 470 g/mol. The fourth-order valence-corrected chi connectivity index (χ4v) is 2.35. The van der Waals surface area contributed by atoms with Crippen molar-refractivity contribution < 1.29 is 46.1 Å². The Balaban J connectivity index is 0.000000620. The molecule has 2 aliphatic carbocycles. The third-order valence-electron chi connectivity index (χ3n) is 3.78. The third kappa shape index (κ3) is 15.6. The SMILES string of the molecule is CC(C)(C)OC(=O)NCCNC(=O)[C]1[CH][CH][CH][CH]1.O=C(O)CCCNC(=O)[C]1[CH][CH][CH][CH]1.[Fe+2]. The number of hydrogen-bond acceptors (Lipinski definition) is 5. The van der Waals surface area contributed by atoms with E-state index in [1.807, 2.05) is 0 Å². The van der Waals surface area contributed by atoms with Gasteiger partial charge in [-0.25, -0.2) is 4.79 Å². The van der Waals surface area contributed by atoms with Crippen LogP contribution < -0.4 is 16.0 Å². The Morgan fingerprint density at radius 2 is 1.21 bits per heavy atom. The fraction of sp³-hybridized carbons (Fsp3) is 0.391. The van der Waals surface area contributed by atoms with E-state index >= 15 is 0 Å². The summed E-state index contributed by atoms with van der Waals surface area (Å²) >= 11 is 0. The van der Waals surface area contributed by atoms with E-state index in [-0.39, 0.29) is 35.3 Å². The molecule has 2 fully saturated rings. The van der Waals surface area contributed by atoms with Crippen LogP contribution in [0.1, 0.15) is 33.6 Å². The predicted molar refractivity (Wildman–Crippen MR) is 118 cm³/mol. The van der Waals surface area contributed by atoms with Crippen LogP contribution >= 0.6 is 0 Å². The molecule has 10 radical (unpaired) electrons. The molecule has 0 aromatic carbocycles. The molecule has 0 aromatic heterocycles. The van der Waals surface area contributed by atoms with Crippen molar-refractivity contribution >= 4 is 23.9 Å². The van der Waals surface area contributed by atoms with Crippen molar-refractivity contribution in [1.29, 1.82) is 0 Å². The normalized spacial score (nSPS) is 16.1. The zero-order chi connectivity index (χ0) is 24.0. The number of amides is 3. The first-order valence-corrected chi connectivity index (χ1v) is 10.3. The number of carboxylic acid groups (broad SMARTS) is 1. The zero-order valence-corrected chi connectivity index (χ0v) is 20.1. The number of nitrogens with one attached hydrogen (secondary N) is 3. The molecule has 0 bridgehead atoms. The molecule has 0 unspecified atom stereocenters. The molecule has 2 aliphatic rings. The molecule has 0 aliphatic heterocycles. The largest absolute Gasteiger partial charge is 2.00 e. The van der Waals surface area contributed by atoms with Gasteiger partial charge in [0.2, 0.25) is 11.8 Å². The molecule has 0 atom stereocenters. The Morgan fingerprint density at radius 3 is 1.64 bits per heavy atom. The summed E-state index contributed by atoms with van der Waals surface area (Å²) in [6.07, 6.45) is 14.1. The summed E-state index contributed by atoms with van der Waals surface area (Å²) in [7, 11) is 0. The molecule has 180 valence electrons. The topological polar surface area (TPSA) is 134 Å². The van der Waals surface area contributed by atoms with E-state index in [9.17, 15) is 19.2 Å². The molecule has 9 nitrogen and oxygen atoms in total. The van der Waals surface area contributed by atoms with Gasteiger partial charge < -0.3 is 25.8 Å². The van der Waals surface area contributed by atoms with Gasteiger partial charge in [0, 0.05) is 26.1 Å². The van der Waals surface area contributed by atoms with Crippen LogP contribution in [-0.2, 0) is 36.2 Å². The molecular formula is C23H31FeN3O6+2. The number of rotatable bonds is 9. The van der Waals surface area contributed by atoms with Gasteiger partial charge in [-0.2, -0.15) is 0 Å². The number of carbonyl (C=O) groups excluding carboxylic acids is 3. The van der Waals surface area contributed by atoms with Crippen molar-refractivity contribution in [3.63, 3.8) is 0 Å². The van der Waals surface area contributed by atoms with E-state index in [1.165, 1.54) is 0 Å². The average Bonchev–Trinajstić information content (AvgIpc) is 3.41. The van der Waals surface area contributed by atoms with Crippen molar-refractivity contribution in [1.82, 2.24) is 16.0 Å². The molecule has 4 N–H and O–H groups in total. The number of carboxylic acids is 1. The summed E-state index contributed by atoms with van der Waals surface area (Å²) in [5.74, 6) is 0.0894. The number of carbonyl (C=O) groups is 4. The predicted octanol–water partition coefficient (Wildman–Crippen LogP) is 1.40. The van der Waals surface area contributed by atoms with Gasteiger partial charge in [0.15, 0.2) is 0 Å². The average molecular weight is 501 g/mol. The Bertz CT molecular complexity index is 612. The van der Waals surface area contributed by atoms with Gasteiger partial charge in [0.1, 0.15) is 5.60 Å². The van der Waals surface area contributed by atoms with E-state index in [0.29, 0.717) is 37.9 Å². The van der Waals surface area contributed by atoms with Gasteiger partial charge in [0.25, 0.3) is 0 Å². The van der Waals surface area contributed by atoms with Crippen molar-refractivity contribution in [2.75, 3.05) is 19.6 Å². The molecule has 3 amide bonds. The monoisotopic (exact) mass is 501 g/mol. The fourth-order valence-electron chi connectivity index (χ4n) is 2.35. The number of alkyl carbamates (subject to hydrolysis) is 1. The number of aliphatic carboxylic acids is 1. The van der Waals surface area contributed by atoms with Gasteiger partial charge >= 0.3 is 29.1 Å². The smallest absolute Gasteiger partial charge is 0.481 e. The maximum atomic E-state index is 11.5. The minimum Gasteiger partial charge on any atom is -0.481 e. The quantitative estimate of drug-likeness (QED) is 0.279. The van der Waals surface area contributed by atoms with Gasteiger partial charge in [-0.3, -0.25) is 14.4 Å². The van der Waals surface area contributed by atoms with E-state index in [0.717, 1.165) is 0 Å². The van der Waals surface area contributed by atoms with Crippen LogP contribution in [0, 0.1) is 63.2 Å². The van der Waals surface area contributed by atoms with Crippen LogP contribution in [0.4, 0.5) is 4.79 Å². The first-order chi connectivity index (χ1) is 15.1. The van der Waals surface area contributed by atoms with Crippen molar-refractivity contribution in [3.05, 3.63) is 63.2 Å². The Labute approximate surface area is 208 Å². The molecule has 0 aromatic rings. The summed E-state index contributed by atoms with van der Waals surface area (Å²) < 4.78 is 5.05. The van der Waals surface area contributed by atoms with Crippen LogP contribution in [0.2, 0.25) is 0 Å². The summed E-state index contributed by atoms with van der Waals surface area (Å²) in [5.41, 5.74) is -0.511. The summed E-state index contributed by atoms with van der Waals surface area (Å²) in [6, 6.07) is 0. The molecule has 2 rings (SSSR count). The van der Waals surface area contributed by atoms with E-state index in [1.54, 1.807) is 72.1 Å². The van der Waals surface area contributed by atoms with Crippen LogP contribution in [0.25, 0.3) is 0 Å². The Hall–Kier alpha value is -1.80. The van der Waals surface area contributed by atoms with Gasteiger partial charge in [0.05, 0.1) is 11.8 Å². The summed E-state index contributed by atoms with van der Waals surface area (Å²) in [4.78, 5) is 44.3. The van der Waals surface area contributed by atoms with E-state index in [2.05, 4.69) is 16.0 Å². The summed E-state index contributed by atoms with van der Waals surface area (Å²) in [5, 5.41) is 16.2. The minimum absolute atomic E-state index is 0. The van der Waals surface area contributed by atoms with Gasteiger partial charge in [-0.15, -0.1) is 0 Å². The zero-order valence-electron chi connectivity index (χ0n) is 19.0. The first kappa shape index (κ1) is 31.2. The second-order valence-electron chi connectivity index (χ2n) is 7.78. The van der Waals surface area contributed by atoms with E-state index in [4.69, 9.17) is 9.84 Å². The molecule has 0 saturated heterocycles. The van der Waals surface area contributed by atoms with Crippen LogP contribution in [0.15, 0.2) is 0 Å². The van der Waals surface area contributed by atoms with Crippen molar-refractivity contribution in [3.8, 4) is 0 Å². The molecule has 0 heterocycles. The Morgan fingerprint density at radius 1 is 0.788 bits per heavy atom. The standard InChI is InChI=1S/C13H19N2O3.C10H12NO3.Fe/c1-13(2,3)18-12(17)15-9-8-14-11(16)10-6-4-5-7-10;12-9(13)6-3-7-11-10(14)8-4-1-2-5-8;/h4-7H,8-9H2,1-3H3,(H,14,16)(H,15,17);1-2,4-5H,3,6-7H2,(H,11,14)(H,12,13);/q;;+2. The van der Waals surface area contributed by atoms with E-state index < -0.39 is 17.7 Å². The number of hydrogen-bond donors (Lipinski definition) is 4. The molecule has 2 saturated carbocycles. The minimum atomic E-state index is -0.840. The molecule has 0 spiro atoms. The van der Waals surface area contributed by atoms with Crippen molar-refractivity contribution in [2.45, 2.75) is 39.2 Å². The first-order valence-electron chi connectivity index (χ1n) is 10.3. The van der Waals surface area contributed by atoms with Gasteiger partial charge in [-0.1, -0.05) is 0 Å². The van der Waals surface area contributed by atoms with Gasteiger partial charge in [-0.05, 0) is 78.6 Å². The van der Waals surface area contributed by atoms with Crippen LogP contribution in [-0.4, -0.2) is 54.2 Å². The maximum absolute atomic E-state index is 11.5. The second kappa shape index (κ2) is 16.8.